The van der Waals surface area contributed by atoms with Gasteiger partial charge in [-0.05, 0) is 29.3 Å². The molecule has 1 aromatic heterocycles. The maximum atomic E-state index is 11.4. The fourth-order valence-corrected chi connectivity index (χ4v) is 3.83. The predicted octanol–water partition coefficient (Wildman–Crippen LogP) is 1.70. The van der Waals surface area contributed by atoms with Crippen LogP contribution in [0.5, 0.6) is 0 Å². The first-order valence-corrected chi connectivity index (χ1v) is 10.6. The zero-order chi connectivity index (χ0) is 21.5. The number of rotatable bonds is 8. The van der Waals surface area contributed by atoms with Gasteiger partial charge in [0, 0.05) is 51.7 Å². The largest absolute Gasteiger partial charge is 0.338 e. The van der Waals surface area contributed by atoms with Gasteiger partial charge < -0.3 is 10.2 Å². The molecule has 4 rings (SSSR count). The van der Waals surface area contributed by atoms with Crippen molar-refractivity contribution in [2.24, 2.45) is 0 Å². The van der Waals surface area contributed by atoms with Crippen LogP contribution in [0.25, 0.3) is 10.8 Å². The number of hydrogen-bond acceptors (Lipinski definition) is 7. The van der Waals surface area contributed by atoms with E-state index >= 15 is 0 Å². The number of carbonyl (C=O) groups is 1. The minimum Gasteiger partial charge on any atom is -0.338 e. The highest BCUT2D eigenvalue weighted by Crippen LogP contribution is 2.15. The Morgan fingerprint density at radius 3 is 2.45 bits per heavy atom. The Kier molecular flexibility index (Phi) is 7.03. The fraction of sp³-hybridized carbons (Fsp3) is 0.348. The summed E-state index contributed by atoms with van der Waals surface area (Å²) in [6.07, 6.45) is 3.89. The summed E-state index contributed by atoms with van der Waals surface area (Å²) in [7, 11) is 0. The second-order valence-corrected chi connectivity index (χ2v) is 7.72. The normalized spacial score (nSPS) is 14.7. The average Bonchev–Trinajstić information content (AvgIpc) is 2.84. The van der Waals surface area contributed by atoms with Gasteiger partial charge in [0.05, 0.1) is 5.56 Å². The summed E-state index contributed by atoms with van der Waals surface area (Å²) in [5, 5.41) is 14.8. The van der Waals surface area contributed by atoms with Crippen LogP contribution in [-0.2, 0) is 6.42 Å². The predicted molar refractivity (Wildman–Crippen MR) is 120 cm³/mol. The molecule has 3 aromatic rings. The molecule has 162 valence electrons. The zero-order valence-corrected chi connectivity index (χ0v) is 17.5. The van der Waals surface area contributed by atoms with Crippen molar-refractivity contribution in [3.8, 4) is 0 Å². The van der Waals surface area contributed by atoms with Gasteiger partial charge in [-0.1, -0.05) is 42.5 Å². The van der Waals surface area contributed by atoms with Crippen LogP contribution < -0.4 is 15.7 Å². The number of fused-ring (bicyclic) bond motifs is 1. The van der Waals surface area contributed by atoms with Crippen LogP contribution in [0.1, 0.15) is 15.9 Å². The lowest BCUT2D eigenvalue weighted by Gasteiger charge is -2.34. The van der Waals surface area contributed by atoms with E-state index in [1.165, 1.54) is 28.7 Å². The first-order valence-electron chi connectivity index (χ1n) is 10.6. The number of benzene rings is 2. The molecule has 0 atom stereocenters. The Hall–Kier alpha value is -3.07. The highest BCUT2D eigenvalue weighted by molar-refractivity contribution is 5.92. The number of carbonyl (C=O) groups excluding carboxylic acids is 1. The maximum absolute atomic E-state index is 11.4. The van der Waals surface area contributed by atoms with E-state index in [1.807, 2.05) is 0 Å². The van der Waals surface area contributed by atoms with Crippen LogP contribution >= 0.6 is 0 Å². The molecule has 31 heavy (non-hydrogen) atoms. The standard InChI is InChI=1S/C23H28N6O2/c30-22(27-31)21-16-25-23(26-17-21)29-13-11-28(12-14-29)10-9-24-8-7-18-5-6-19-3-1-2-4-20(19)15-18/h1-6,15-17,24,31H,7-14H2,(H,27,30). The topological polar surface area (TPSA) is 93.6 Å². The van der Waals surface area contributed by atoms with E-state index in [-0.39, 0.29) is 5.56 Å². The van der Waals surface area contributed by atoms with Crippen LogP contribution in [0.2, 0.25) is 0 Å². The third kappa shape index (κ3) is 5.55. The van der Waals surface area contributed by atoms with E-state index in [4.69, 9.17) is 5.21 Å². The van der Waals surface area contributed by atoms with Crippen LogP contribution in [0, 0.1) is 0 Å². The minimum absolute atomic E-state index is 0.236. The van der Waals surface area contributed by atoms with Gasteiger partial charge in [0.15, 0.2) is 0 Å². The third-order valence-electron chi connectivity index (χ3n) is 5.67. The molecule has 0 bridgehead atoms. The minimum atomic E-state index is -0.607. The van der Waals surface area contributed by atoms with Gasteiger partial charge in [0.25, 0.3) is 5.91 Å². The quantitative estimate of drug-likeness (QED) is 0.290. The average molecular weight is 421 g/mol. The van der Waals surface area contributed by atoms with Gasteiger partial charge in [-0.2, -0.15) is 0 Å². The Morgan fingerprint density at radius 2 is 1.71 bits per heavy atom. The lowest BCUT2D eigenvalue weighted by atomic mass is 10.1. The number of anilines is 1. The lowest BCUT2D eigenvalue weighted by Crippen LogP contribution is -2.48. The summed E-state index contributed by atoms with van der Waals surface area (Å²) in [5.41, 5.74) is 3.18. The number of hydrogen-bond donors (Lipinski definition) is 3. The van der Waals surface area contributed by atoms with Crippen molar-refractivity contribution in [3.05, 3.63) is 66.0 Å². The monoisotopic (exact) mass is 420 g/mol. The van der Waals surface area contributed by atoms with Crippen molar-refractivity contribution >= 4 is 22.6 Å². The molecule has 1 amide bonds. The fourth-order valence-electron chi connectivity index (χ4n) is 3.83. The molecule has 0 saturated carbocycles. The summed E-state index contributed by atoms with van der Waals surface area (Å²) in [6.45, 7) is 6.56. The SMILES string of the molecule is O=C(NO)c1cnc(N2CCN(CCNCCc3ccc4ccccc4c3)CC2)nc1. The molecule has 0 aliphatic carbocycles. The van der Waals surface area contributed by atoms with Crippen molar-refractivity contribution in [1.82, 2.24) is 25.7 Å². The highest BCUT2D eigenvalue weighted by atomic mass is 16.5. The van der Waals surface area contributed by atoms with Crippen LogP contribution in [-0.4, -0.2) is 71.8 Å². The molecule has 0 unspecified atom stereocenters. The summed E-state index contributed by atoms with van der Waals surface area (Å²) < 4.78 is 0. The molecular formula is C23H28N6O2. The second-order valence-electron chi connectivity index (χ2n) is 7.72. The third-order valence-corrected chi connectivity index (χ3v) is 5.67. The van der Waals surface area contributed by atoms with Crippen molar-refractivity contribution in [1.29, 1.82) is 0 Å². The van der Waals surface area contributed by atoms with E-state index in [9.17, 15) is 4.79 Å². The van der Waals surface area contributed by atoms with Crippen molar-refractivity contribution < 1.29 is 10.0 Å². The molecule has 8 heteroatoms. The molecule has 2 heterocycles. The number of aromatic nitrogens is 2. The molecule has 1 aliphatic heterocycles. The number of nitrogens with one attached hydrogen (secondary N) is 2. The lowest BCUT2D eigenvalue weighted by molar-refractivity contribution is 0.0705. The van der Waals surface area contributed by atoms with E-state index in [2.05, 4.69) is 67.5 Å². The van der Waals surface area contributed by atoms with Crippen LogP contribution in [0.4, 0.5) is 5.95 Å². The highest BCUT2D eigenvalue weighted by Gasteiger charge is 2.19. The van der Waals surface area contributed by atoms with Gasteiger partial charge >= 0.3 is 0 Å². The summed E-state index contributed by atoms with van der Waals surface area (Å²) in [5.74, 6) is 0.00661. The molecular weight excluding hydrogens is 392 g/mol. The van der Waals surface area contributed by atoms with Crippen LogP contribution in [0.15, 0.2) is 54.9 Å². The molecule has 8 nitrogen and oxygen atoms in total. The summed E-state index contributed by atoms with van der Waals surface area (Å²) in [4.78, 5) is 24.4. The van der Waals surface area contributed by atoms with E-state index in [0.29, 0.717) is 5.95 Å². The van der Waals surface area contributed by atoms with E-state index < -0.39 is 5.91 Å². The van der Waals surface area contributed by atoms with Gasteiger partial charge in [-0.3, -0.25) is 14.9 Å². The molecule has 0 spiro atoms. The zero-order valence-electron chi connectivity index (χ0n) is 17.5. The summed E-state index contributed by atoms with van der Waals surface area (Å²) >= 11 is 0. The molecule has 2 aromatic carbocycles. The van der Waals surface area contributed by atoms with Crippen LogP contribution in [0.3, 0.4) is 0 Å². The van der Waals surface area contributed by atoms with E-state index in [0.717, 1.165) is 52.2 Å². The summed E-state index contributed by atoms with van der Waals surface area (Å²) in [6, 6.07) is 15.2. The first kappa shape index (κ1) is 21.2. The van der Waals surface area contributed by atoms with Gasteiger partial charge in [-0.25, -0.2) is 15.4 Å². The maximum Gasteiger partial charge on any atom is 0.277 e. The van der Waals surface area contributed by atoms with Gasteiger partial charge in [0.1, 0.15) is 0 Å². The number of hydroxylamine groups is 1. The smallest absolute Gasteiger partial charge is 0.277 e. The molecule has 0 radical (unpaired) electrons. The molecule has 1 saturated heterocycles. The van der Waals surface area contributed by atoms with Gasteiger partial charge in [-0.15, -0.1) is 0 Å². The number of nitrogens with zero attached hydrogens (tertiary/aromatic N) is 4. The molecule has 1 fully saturated rings. The Bertz CT molecular complexity index is 1000. The Morgan fingerprint density at radius 1 is 0.968 bits per heavy atom. The Labute approximate surface area is 181 Å². The first-order chi connectivity index (χ1) is 15.2. The molecule has 1 aliphatic rings. The van der Waals surface area contributed by atoms with Gasteiger partial charge in [0.2, 0.25) is 5.95 Å². The second kappa shape index (κ2) is 10.3. The van der Waals surface area contributed by atoms with E-state index in [1.54, 1.807) is 5.48 Å². The van der Waals surface area contributed by atoms with Crippen molar-refractivity contribution in [2.75, 3.05) is 50.7 Å². The van der Waals surface area contributed by atoms with Crippen molar-refractivity contribution in [2.45, 2.75) is 6.42 Å². The Balaban J connectivity index is 1.14. The van der Waals surface area contributed by atoms with Crippen molar-refractivity contribution in [3.63, 3.8) is 0 Å². The molecule has 3 N–H and O–H groups in total. The number of amides is 1. The number of piperazine rings is 1.